The number of hydrogen-bond acceptors (Lipinski definition) is 5. The fourth-order valence-corrected chi connectivity index (χ4v) is 2.38. The van der Waals surface area contributed by atoms with E-state index in [4.69, 9.17) is 9.47 Å². The van der Waals surface area contributed by atoms with E-state index in [1.807, 2.05) is 24.3 Å². The van der Waals surface area contributed by atoms with Gasteiger partial charge in [-0.05, 0) is 42.2 Å². The van der Waals surface area contributed by atoms with Crippen LogP contribution in [-0.2, 0) is 10.2 Å². The van der Waals surface area contributed by atoms with Crippen molar-refractivity contribution in [3.8, 4) is 17.2 Å². The molecule has 0 aliphatic carbocycles. The van der Waals surface area contributed by atoms with Gasteiger partial charge in [0, 0.05) is 11.6 Å². The molecule has 0 unspecified atom stereocenters. The third-order valence-electron chi connectivity index (χ3n) is 4.03. The number of benzene rings is 2. The molecular formula is C21H26N2O4. The van der Waals surface area contributed by atoms with Crippen molar-refractivity contribution in [2.24, 2.45) is 5.10 Å². The molecule has 0 spiro atoms. The second-order valence-electron chi connectivity index (χ2n) is 7.18. The van der Waals surface area contributed by atoms with Gasteiger partial charge in [-0.3, -0.25) is 4.79 Å². The molecule has 6 nitrogen and oxygen atoms in total. The molecule has 0 aromatic heterocycles. The number of methoxy groups -OCH3 is 1. The van der Waals surface area contributed by atoms with Crippen molar-refractivity contribution in [1.29, 1.82) is 0 Å². The summed E-state index contributed by atoms with van der Waals surface area (Å²) in [7, 11) is 1.52. The summed E-state index contributed by atoms with van der Waals surface area (Å²) < 4.78 is 10.5. The van der Waals surface area contributed by atoms with Crippen LogP contribution >= 0.6 is 0 Å². The molecule has 2 aromatic rings. The van der Waals surface area contributed by atoms with Crippen molar-refractivity contribution < 1.29 is 19.4 Å². The maximum atomic E-state index is 11.9. The number of phenols is 1. The summed E-state index contributed by atoms with van der Waals surface area (Å²) in [6, 6.07) is 12.5. The Morgan fingerprint density at radius 3 is 2.30 bits per heavy atom. The first-order chi connectivity index (χ1) is 12.7. The van der Waals surface area contributed by atoms with E-state index in [1.165, 1.54) is 18.7 Å². The number of carbonyl (C=O) groups excluding carboxylic acids is 1. The summed E-state index contributed by atoms with van der Waals surface area (Å²) in [5.74, 6) is 0.799. The number of amides is 1. The minimum atomic E-state index is -0.387. The lowest BCUT2D eigenvalue weighted by molar-refractivity contribution is -0.123. The van der Waals surface area contributed by atoms with Gasteiger partial charge in [0.1, 0.15) is 17.2 Å². The molecule has 0 bridgehead atoms. The Labute approximate surface area is 159 Å². The predicted octanol–water partition coefficient (Wildman–Crippen LogP) is 3.62. The molecule has 0 saturated carbocycles. The van der Waals surface area contributed by atoms with E-state index in [0.29, 0.717) is 22.8 Å². The van der Waals surface area contributed by atoms with Gasteiger partial charge in [-0.25, -0.2) is 5.43 Å². The molecule has 0 heterocycles. The van der Waals surface area contributed by atoms with E-state index in [1.54, 1.807) is 19.1 Å². The normalized spacial score (nSPS) is 11.8. The van der Waals surface area contributed by atoms with Crippen LogP contribution in [0.25, 0.3) is 0 Å². The highest BCUT2D eigenvalue weighted by Gasteiger charge is 2.13. The Morgan fingerprint density at radius 2 is 1.74 bits per heavy atom. The molecule has 0 saturated heterocycles. The Bertz CT molecular complexity index is 821. The molecule has 0 atom stereocenters. The highest BCUT2D eigenvalue weighted by atomic mass is 16.5. The maximum absolute atomic E-state index is 11.9. The van der Waals surface area contributed by atoms with Crippen LogP contribution in [0.1, 0.15) is 38.8 Å². The van der Waals surface area contributed by atoms with Crippen LogP contribution in [-0.4, -0.2) is 30.4 Å². The molecule has 144 valence electrons. The first-order valence-corrected chi connectivity index (χ1v) is 8.64. The minimum Gasteiger partial charge on any atom is -0.507 e. The Morgan fingerprint density at radius 1 is 1.11 bits per heavy atom. The summed E-state index contributed by atoms with van der Waals surface area (Å²) in [6.45, 7) is 7.94. The van der Waals surface area contributed by atoms with Crippen molar-refractivity contribution >= 4 is 11.6 Å². The number of rotatable bonds is 6. The topological polar surface area (TPSA) is 80.2 Å². The van der Waals surface area contributed by atoms with Crippen molar-refractivity contribution in [2.45, 2.75) is 33.1 Å². The molecule has 0 aliphatic heterocycles. The number of hydrogen-bond donors (Lipinski definition) is 2. The summed E-state index contributed by atoms with van der Waals surface area (Å²) in [6.07, 6.45) is 0. The molecule has 6 heteroatoms. The lowest BCUT2D eigenvalue weighted by atomic mass is 9.87. The molecular weight excluding hydrogens is 344 g/mol. The maximum Gasteiger partial charge on any atom is 0.277 e. The fourth-order valence-electron chi connectivity index (χ4n) is 2.38. The number of hydrazone groups is 1. The third kappa shape index (κ3) is 5.74. The minimum absolute atomic E-state index is 0.0278. The molecule has 0 radical (unpaired) electrons. The number of ether oxygens (including phenoxy) is 2. The Kier molecular flexibility index (Phi) is 6.45. The van der Waals surface area contributed by atoms with Gasteiger partial charge in [-0.2, -0.15) is 5.10 Å². The van der Waals surface area contributed by atoms with E-state index < -0.39 is 0 Å². The molecule has 2 aromatic carbocycles. The van der Waals surface area contributed by atoms with Gasteiger partial charge in [0.15, 0.2) is 6.61 Å². The quantitative estimate of drug-likeness (QED) is 0.601. The SMILES string of the molecule is COc1ccc(/C(C)=N/NC(=O)COc2ccc(C(C)(C)C)cc2)c(O)c1. The Hall–Kier alpha value is -3.02. The molecule has 2 rings (SSSR count). The average Bonchev–Trinajstić information content (AvgIpc) is 2.63. The lowest BCUT2D eigenvalue weighted by Gasteiger charge is -2.19. The van der Waals surface area contributed by atoms with E-state index in [-0.39, 0.29) is 23.7 Å². The van der Waals surface area contributed by atoms with Crippen molar-refractivity contribution in [3.63, 3.8) is 0 Å². The zero-order valence-electron chi connectivity index (χ0n) is 16.4. The van der Waals surface area contributed by atoms with Crippen LogP contribution in [0.4, 0.5) is 0 Å². The van der Waals surface area contributed by atoms with Crippen molar-refractivity contribution in [2.75, 3.05) is 13.7 Å². The van der Waals surface area contributed by atoms with Gasteiger partial charge in [-0.15, -0.1) is 0 Å². The van der Waals surface area contributed by atoms with Gasteiger partial charge in [0.2, 0.25) is 0 Å². The number of carbonyl (C=O) groups is 1. The number of nitrogens with zero attached hydrogens (tertiary/aromatic N) is 1. The summed E-state index contributed by atoms with van der Waals surface area (Å²) in [5, 5.41) is 14.0. The van der Waals surface area contributed by atoms with Gasteiger partial charge in [0.05, 0.1) is 12.8 Å². The monoisotopic (exact) mass is 370 g/mol. The number of aromatic hydroxyl groups is 1. The standard InChI is InChI=1S/C21H26N2O4/c1-14(18-11-10-17(26-5)12-19(18)24)22-23-20(25)13-27-16-8-6-15(7-9-16)21(2,3)4/h6-12,24H,13H2,1-5H3,(H,23,25)/b22-14+. The van der Waals surface area contributed by atoms with Crippen LogP contribution in [0.15, 0.2) is 47.6 Å². The van der Waals surface area contributed by atoms with E-state index in [0.717, 1.165) is 0 Å². The molecule has 27 heavy (non-hydrogen) atoms. The number of nitrogens with one attached hydrogen (secondary N) is 1. The zero-order valence-corrected chi connectivity index (χ0v) is 16.4. The van der Waals surface area contributed by atoms with Crippen molar-refractivity contribution in [1.82, 2.24) is 5.43 Å². The largest absolute Gasteiger partial charge is 0.507 e. The zero-order chi connectivity index (χ0) is 20.0. The average molecular weight is 370 g/mol. The second-order valence-corrected chi connectivity index (χ2v) is 7.18. The van der Waals surface area contributed by atoms with Gasteiger partial charge in [0.25, 0.3) is 5.91 Å². The van der Waals surface area contributed by atoms with Crippen LogP contribution < -0.4 is 14.9 Å². The van der Waals surface area contributed by atoms with Crippen LogP contribution in [0.2, 0.25) is 0 Å². The van der Waals surface area contributed by atoms with Gasteiger partial charge < -0.3 is 14.6 Å². The Balaban J connectivity index is 1.91. The first-order valence-electron chi connectivity index (χ1n) is 8.64. The highest BCUT2D eigenvalue weighted by Crippen LogP contribution is 2.25. The van der Waals surface area contributed by atoms with Gasteiger partial charge in [-0.1, -0.05) is 32.9 Å². The fraction of sp³-hybridized carbons (Fsp3) is 0.333. The molecule has 0 fully saturated rings. The highest BCUT2D eigenvalue weighted by molar-refractivity contribution is 6.01. The third-order valence-corrected chi connectivity index (χ3v) is 4.03. The smallest absolute Gasteiger partial charge is 0.277 e. The predicted molar refractivity (Wildman–Crippen MR) is 106 cm³/mol. The lowest BCUT2D eigenvalue weighted by Crippen LogP contribution is -2.25. The van der Waals surface area contributed by atoms with E-state index >= 15 is 0 Å². The van der Waals surface area contributed by atoms with E-state index in [2.05, 4.69) is 31.3 Å². The van der Waals surface area contributed by atoms with Crippen LogP contribution in [0.5, 0.6) is 17.2 Å². The molecule has 2 N–H and O–H groups in total. The summed E-state index contributed by atoms with van der Waals surface area (Å²) >= 11 is 0. The van der Waals surface area contributed by atoms with E-state index in [9.17, 15) is 9.90 Å². The molecule has 1 amide bonds. The number of phenolic OH excluding ortho intramolecular Hbond substituents is 1. The van der Waals surface area contributed by atoms with Crippen LogP contribution in [0, 0.1) is 0 Å². The van der Waals surface area contributed by atoms with Crippen LogP contribution in [0.3, 0.4) is 0 Å². The second kappa shape index (κ2) is 8.58. The summed E-state index contributed by atoms with van der Waals surface area (Å²) in [5.41, 5.74) is 4.66. The van der Waals surface area contributed by atoms with Gasteiger partial charge >= 0.3 is 0 Å². The van der Waals surface area contributed by atoms with Crippen molar-refractivity contribution in [3.05, 3.63) is 53.6 Å². The molecule has 0 aliphatic rings. The summed E-state index contributed by atoms with van der Waals surface area (Å²) in [4.78, 5) is 11.9. The first kappa shape index (κ1) is 20.3.